The fourth-order valence-corrected chi connectivity index (χ4v) is 2.36. The maximum absolute atomic E-state index is 12.0. The van der Waals surface area contributed by atoms with Crippen LogP contribution in [-0.2, 0) is 14.3 Å². The average molecular weight is 290 g/mol. The van der Waals surface area contributed by atoms with Crippen LogP contribution in [0.2, 0.25) is 0 Å². The van der Waals surface area contributed by atoms with Crippen LogP contribution in [0.5, 0.6) is 0 Å². The molecule has 0 aromatic heterocycles. The Morgan fingerprint density at radius 2 is 1.90 bits per heavy atom. The lowest BCUT2D eigenvalue weighted by Gasteiger charge is -2.26. The Morgan fingerprint density at radius 1 is 1.19 bits per heavy atom. The number of anilines is 1. The van der Waals surface area contributed by atoms with Gasteiger partial charge in [0.1, 0.15) is 0 Å². The van der Waals surface area contributed by atoms with E-state index in [1.54, 1.807) is 4.90 Å². The second-order valence-corrected chi connectivity index (χ2v) is 5.36. The Morgan fingerprint density at radius 3 is 2.57 bits per heavy atom. The summed E-state index contributed by atoms with van der Waals surface area (Å²) >= 11 is 0. The van der Waals surface area contributed by atoms with Crippen LogP contribution in [0.4, 0.5) is 5.69 Å². The molecule has 0 saturated carbocycles. The van der Waals surface area contributed by atoms with Crippen molar-refractivity contribution in [1.82, 2.24) is 4.90 Å². The van der Waals surface area contributed by atoms with Gasteiger partial charge in [-0.1, -0.05) is 17.7 Å². The Balaban J connectivity index is 1.80. The second kappa shape index (κ2) is 7.22. The molecule has 1 heterocycles. The van der Waals surface area contributed by atoms with Gasteiger partial charge in [-0.15, -0.1) is 0 Å². The van der Waals surface area contributed by atoms with E-state index in [2.05, 4.69) is 5.32 Å². The second-order valence-electron chi connectivity index (χ2n) is 5.36. The molecule has 0 aliphatic carbocycles. The summed E-state index contributed by atoms with van der Waals surface area (Å²) < 4.78 is 5.20. The van der Waals surface area contributed by atoms with E-state index in [9.17, 15) is 9.59 Å². The number of morpholine rings is 1. The molecule has 21 heavy (non-hydrogen) atoms. The molecule has 1 aromatic rings. The number of ether oxygens (including phenoxy) is 1. The van der Waals surface area contributed by atoms with Crippen LogP contribution in [0.25, 0.3) is 0 Å². The number of carbonyl (C=O) groups excluding carboxylic acids is 2. The molecule has 1 aromatic carbocycles. The Labute approximate surface area is 125 Å². The summed E-state index contributed by atoms with van der Waals surface area (Å²) in [7, 11) is 0. The summed E-state index contributed by atoms with van der Waals surface area (Å²) in [6, 6.07) is 5.88. The minimum atomic E-state index is -0.122. The fourth-order valence-electron chi connectivity index (χ4n) is 2.36. The van der Waals surface area contributed by atoms with Gasteiger partial charge >= 0.3 is 0 Å². The van der Waals surface area contributed by atoms with Crippen LogP contribution in [0, 0.1) is 13.8 Å². The Bertz CT molecular complexity index is 522. The molecule has 0 atom stereocenters. The zero-order valence-corrected chi connectivity index (χ0v) is 12.6. The molecule has 1 fully saturated rings. The molecule has 2 amide bonds. The standard InChI is InChI=1S/C16H22N2O3/c1-12-3-4-14(13(2)11-12)17-15(19)5-6-16(20)18-7-9-21-10-8-18/h3-4,11H,5-10H2,1-2H3,(H,17,19). The number of carbonyl (C=O) groups is 2. The molecule has 0 spiro atoms. The minimum absolute atomic E-state index is 0.0223. The van der Waals surface area contributed by atoms with Crippen LogP contribution in [0.15, 0.2) is 18.2 Å². The van der Waals surface area contributed by atoms with Crippen molar-refractivity contribution in [3.05, 3.63) is 29.3 Å². The number of aryl methyl sites for hydroxylation is 2. The number of hydrogen-bond donors (Lipinski definition) is 1. The zero-order chi connectivity index (χ0) is 15.2. The van der Waals surface area contributed by atoms with E-state index in [-0.39, 0.29) is 24.7 Å². The highest BCUT2D eigenvalue weighted by Gasteiger charge is 2.17. The molecule has 0 radical (unpaired) electrons. The molecule has 1 N–H and O–H groups in total. The molecule has 114 valence electrons. The third kappa shape index (κ3) is 4.56. The van der Waals surface area contributed by atoms with Gasteiger partial charge in [-0.25, -0.2) is 0 Å². The van der Waals surface area contributed by atoms with Crippen molar-refractivity contribution in [3.63, 3.8) is 0 Å². The molecular formula is C16H22N2O3. The highest BCUT2D eigenvalue weighted by atomic mass is 16.5. The lowest BCUT2D eigenvalue weighted by molar-refractivity contribution is -0.136. The van der Waals surface area contributed by atoms with Crippen molar-refractivity contribution in [2.24, 2.45) is 0 Å². The third-order valence-corrected chi connectivity index (χ3v) is 3.59. The van der Waals surface area contributed by atoms with Gasteiger partial charge in [-0.2, -0.15) is 0 Å². The highest BCUT2D eigenvalue weighted by molar-refractivity contribution is 5.93. The summed E-state index contributed by atoms with van der Waals surface area (Å²) in [6.07, 6.45) is 0.459. The number of nitrogens with one attached hydrogen (secondary N) is 1. The van der Waals surface area contributed by atoms with Crippen LogP contribution >= 0.6 is 0 Å². The van der Waals surface area contributed by atoms with Gasteiger partial charge in [0.25, 0.3) is 0 Å². The van der Waals surface area contributed by atoms with Gasteiger partial charge < -0.3 is 15.0 Å². The van der Waals surface area contributed by atoms with Gasteiger partial charge in [-0.05, 0) is 25.5 Å². The van der Waals surface area contributed by atoms with E-state index in [0.717, 1.165) is 16.8 Å². The number of nitrogens with zero attached hydrogens (tertiary/aromatic N) is 1. The van der Waals surface area contributed by atoms with E-state index in [1.807, 2.05) is 32.0 Å². The third-order valence-electron chi connectivity index (χ3n) is 3.59. The highest BCUT2D eigenvalue weighted by Crippen LogP contribution is 2.16. The van der Waals surface area contributed by atoms with Gasteiger partial charge in [0.05, 0.1) is 13.2 Å². The first kappa shape index (κ1) is 15.5. The number of benzene rings is 1. The predicted octanol–water partition coefficient (Wildman–Crippen LogP) is 1.88. The SMILES string of the molecule is Cc1ccc(NC(=O)CCC(=O)N2CCOCC2)c(C)c1. The summed E-state index contributed by atoms with van der Waals surface area (Å²) in [6.45, 7) is 6.39. The molecule has 5 nitrogen and oxygen atoms in total. The predicted molar refractivity (Wildman–Crippen MR) is 81.2 cm³/mol. The first-order chi connectivity index (χ1) is 10.1. The van der Waals surface area contributed by atoms with Gasteiger partial charge in [0.15, 0.2) is 0 Å². The molecule has 1 aliphatic rings. The van der Waals surface area contributed by atoms with Gasteiger partial charge in [-0.3, -0.25) is 9.59 Å². The number of rotatable bonds is 4. The summed E-state index contributed by atoms with van der Waals surface area (Å²) in [5, 5.41) is 2.86. The first-order valence-electron chi connectivity index (χ1n) is 7.29. The number of hydrogen-bond acceptors (Lipinski definition) is 3. The van der Waals surface area contributed by atoms with E-state index in [1.165, 1.54) is 0 Å². The van der Waals surface area contributed by atoms with Crippen molar-refractivity contribution in [2.45, 2.75) is 26.7 Å². The van der Waals surface area contributed by atoms with Crippen molar-refractivity contribution < 1.29 is 14.3 Å². The molecule has 5 heteroatoms. The fraction of sp³-hybridized carbons (Fsp3) is 0.500. The maximum atomic E-state index is 12.0. The van der Waals surface area contributed by atoms with Crippen LogP contribution < -0.4 is 5.32 Å². The monoisotopic (exact) mass is 290 g/mol. The largest absolute Gasteiger partial charge is 0.378 e. The average Bonchev–Trinajstić information content (AvgIpc) is 2.48. The van der Waals surface area contributed by atoms with Gasteiger partial charge in [0.2, 0.25) is 11.8 Å². The number of amides is 2. The molecule has 1 aliphatic heterocycles. The van der Waals surface area contributed by atoms with Crippen molar-refractivity contribution in [1.29, 1.82) is 0 Å². The maximum Gasteiger partial charge on any atom is 0.224 e. The zero-order valence-electron chi connectivity index (χ0n) is 12.6. The minimum Gasteiger partial charge on any atom is -0.378 e. The topological polar surface area (TPSA) is 58.6 Å². The lowest BCUT2D eigenvalue weighted by atomic mass is 10.1. The van der Waals surface area contributed by atoms with Crippen molar-refractivity contribution in [3.8, 4) is 0 Å². The summed E-state index contributed by atoms with van der Waals surface area (Å²) in [4.78, 5) is 25.6. The van der Waals surface area contributed by atoms with Crippen molar-refractivity contribution >= 4 is 17.5 Å². The molecule has 1 saturated heterocycles. The summed E-state index contributed by atoms with van der Waals surface area (Å²) in [5.41, 5.74) is 3.00. The summed E-state index contributed by atoms with van der Waals surface area (Å²) in [5.74, 6) is -0.0994. The molecule has 0 unspecified atom stereocenters. The van der Waals surface area contributed by atoms with E-state index < -0.39 is 0 Å². The van der Waals surface area contributed by atoms with Crippen LogP contribution in [0.3, 0.4) is 0 Å². The van der Waals surface area contributed by atoms with E-state index in [4.69, 9.17) is 4.74 Å². The first-order valence-corrected chi connectivity index (χ1v) is 7.29. The Kier molecular flexibility index (Phi) is 5.33. The van der Waals surface area contributed by atoms with Crippen LogP contribution in [0.1, 0.15) is 24.0 Å². The Hall–Kier alpha value is -1.88. The van der Waals surface area contributed by atoms with E-state index >= 15 is 0 Å². The molecule has 2 rings (SSSR count). The molecular weight excluding hydrogens is 268 g/mol. The molecule has 0 bridgehead atoms. The lowest BCUT2D eigenvalue weighted by Crippen LogP contribution is -2.40. The normalized spacial score (nSPS) is 14.9. The smallest absolute Gasteiger partial charge is 0.224 e. The quantitative estimate of drug-likeness (QED) is 0.921. The van der Waals surface area contributed by atoms with E-state index in [0.29, 0.717) is 26.3 Å². The van der Waals surface area contributed by atoms with Gasteiger partial charge in [0, 0.05) is 31.6 Å². The van der Waals surface area contributed by atoms with Crippen molar-refractivity contribution in [2.75, 3.05) is 31.6 Å². The van der Waals surface area contributed by atoms with Crippen LogP contribution in [-0.4, -0.2) is 43.0 Å².